The maximum absolute atomic E-state index is 11.6. The number of hydrogen-bond donors (Lipinski definition) is 1. The summed E-state index contributed by atoms with van der Waals surface area (Å²) < 4.78 is 0. The van der Waals surface area contributed by atoms with Gasteiger partial charge in [-0.25, -0.2) is 0 Å². The molecule has 3 nitrogen and oxygen atoms in total. The fourth-order valence-electron chi connectivity index (χ4n) is 1.53. The predicted molar refractivity (Wildman–Crippen MR) is 56.7 cm³/mol. The summed E-state index contributed by atoms with van der Waals surface area (Å²) in [6, 6.07) is 7.41. The fourth-order valence-corrected chi connectivity index (χ4v) is 1.77. The Morgan fingerprint density at radius 3 is 2.86 bits per heavy atom. The molecule has 0 aliphatic carbocycles. The van der Waals surface area contributed by atoms with E-state index in [0.29, 0.717) is 18.1 Å². The Morgan fingerprint density at radius 2 is 2.14 bits per heavy atom. The number of nitrogens with zero attached hydrogens (tertiary/aromatic N) is 1. The van der Waals surface area contributed by atoms with Crippen LogP contribution in [0.3, 0.4) is 0 Å². The molecule has 0 unspecified atom stereocenters. The van der Waals surface area contributed by atoms with Crippen molar-refractivity contribution in [2.75, 3.05) is 24.5 Å². The van der Waals surface area contributed by atoms with Crippen LogP contribution in [-0.4, -0.2) is 25.5 Å². The second-order valence-electron chi connectivity index (χ2n) is 3.17. The van der Waals surface area contributed by atoms with Crippen LogP contribution in [-0.2, 0) is 4.79 Å². The SMILES string of the molecule is O=C1CNCCN1c1ccccc1Cl. The van der Waals surface area contributed by atoms with Crippen LogP contribution in [0.1, 0.15) is 0 Å². The number of rotatable bonds is 1. The number of benzene rings is 1. The number of nitrogens with one attached hydrogen (secondary N) is 1. The molecular weight excluding hydrogens is 200 g/mol. The van der Waals surface area contributed by atoms with Crippen LogP contribution in [0.4, 0.5) is 5.69 Å². The van der Waals surface area contributed by atoms with Gasteiger partial charge in [-0.15, -0.1) is 0 Å². The third kappa shape index (κ3) is 1.74. The van der Waals surface area contributed by atoms with Crippen molar-refractivity contribution in [1.82, 2.24) is 5.32 Å². The third-order valence-electron chi connectivity index (χ3n) is 2.23. The van der Waals surface area contributed by atoms with Crippen LogP contribution in [0.5, 0.6) is 0 Å². The molecular formula is C10H11ClN2O. The summed E-state index contributed by atoms with van der Waals surface area (Å²) in [5.41, 5.74) is 0.806. The van der Waals surface area contributed by atoms with Gasteiger partial charge in [0.05, 0.1) is 17.3 Å². The van der Waals surface area contributed by atoms with Crippen molar-refractivity contribution < 1.29 is 4.79 Å². The van der Waals surface area contributed by atoms with Crippen molar-refractivity contribution in [2.45, 2.75) is 0 Å². The van der Waals surface area contributed by atoms with Crippen molar-refractivity contribution >= 4 is 23.2 Å². The number of para-hydroxylation sites is 1. The summed E-state index contributed by atoms with van der Waals surface area (Å²) >= 11 is 6.01. The van der Waals surface area contributed by atoms with Crippen molar-refractivity contribution in [3.05, 3.63) is 29.3 Å². The van der Waals surface area contributed by atoms with E-state index < -0.39 is 0 Å². The topological polar surface area (TPSA) is 32.3 Å². The molecule has 1 aliphatic heterocycles. The van der Waals surface area contributed by atoms with Gasteiger partial charge >= 0.3 is 0 Å². The Hall–Kier alpha value is -1.06. The first-order chi connectivity index (χ1) is 6.79. The number of anilines is 1. The Labute approximate surface area is 87.7 Å². The largest absolute Gasteiger partial charge is 0.309 e. The number of amides is 1. The highest BCUT2D eigenvalue weighted by molar-refractivity contribution is 6.33. The molecule has 1 heterocycles. The van der Waals surface area contributed by atoms with E-state index in [9.17, 15) is 4.79 Å². The lowest BCUT2D eigenvalue weighted by Gasteiger charge is -2.28. The molecule has 4 heteroatoms. The van der Waals surface area contributed by atoms with E-state index in [1.165, 1.54) is 0 Å². The van der Waals surface area contributed by atoms with Crippen molar-refractivity contribution in [1.29, 1.82) is 0 Å². The molecule has 0 atom stereocenters. The lowest BCUT2D eigenvalue weighted by atomic mass is 10.2. The second kappa shape index (κ2) is 3.98. The van der Waals surface area contributed by atoms with Crippen LogP contribution < -0.4 is 10.2 Å². The highest BCUT2D eigenvalue weighted by Crippen LogP contribution is 2.25. The normalized spacial score (nSPS) is 17.2. The first-order valence-corrected chi connectivity index (χ1v) is 4.92. The van der Waals surface area contributed by atoms with E-state index in [1.54, 1.807) is 11.0 Å². The molecule has 0 bridgehead atoms. The monoisotopic (exact) mass is 210 g/mol. The second-order valence-corrected chi connectivity index (χ2v) is 3.58. The lowest BCUT2D eigenvalue weighted by Crippen LogP contribution is -2.48. The highest BCUT2D eigenvalue weighted by atomic mass is 35.5. The van der Waals surface area contributed by atoms with E-state index in [-0.39, 0.29) is 5.91 Å². The molecule has 1 aromatic carbocycles. The summed E-state index contributed by atoms with van der Waals surface area (Å²) in [7, 11) is 0. The quantitative estimate of drug-likeness (QED) is 0.758. The van der Waals surface area contributed by atoms with Crippen LogP contribution in [0.2, 0.25) is 5.02 Å². The molecule has 0 spiro atoms. The number of carbonyl (C=O) groups excluding carboxylic acids is 1. The average molecular weight is 211 g/mol. The van der Waals surface area contributed by atoms with Crippen LogP contribution in [0.15, 0.2) is 24.3 Å². The minimum atomic E-state index is 0.0735. The Kier molecular flexibility index (Phi) is 2.70. The van der Waals surface area contributed by atoms with E-state index >= 15 is 0 Å². The van der Waals surface area contributed by atoms with Crippen molar-refractivity contribution in [3.63, 3.8) is 0 Å². The van der Waals surface area contributed by atoms with Gasteiger partial charge in [-0.05, 0) is 12.1 Å². The van der Waals surface area contributed by atoms with Crippen LogP contribution in [0, 0.1) is 0 Å². The zero-order valence-corrected chi connectivity index (χ0v) is 8.42. The van der Waals surface area contributed by atoms with Crippen LogP contribution >= 0.6 is 11.6 Å². The lowest BCUT2D eigenvalue weighted by molar-refractivity contribution is -0.118. The fraction of sp³-hybridized carbons (Fsp3) is 0.300. The minimum Gasteiger partial charge on any atom is -0.309 e. The Balaban J connectivity index is 2.29. The Bertz CT molecular complexity index is 354. The standard InChI is InChI=1S/C10H11ClN2O/c11-8-3-1-2-4-9(8)13-6-5-12-7-10(13)14/h1-4,12H,5-7H2. The van der Waals surface area contributed by atoms with E-state index in [1.807, 2.05) is 18.2 Å². The van der Waals surface area contributed by atoms with Crippen molar-refractivity contribution in [3.8, 4) is 0 Å². The maximum atomic E-state index is 11.6. The van der Waals surface area contributed by atoms with Crippen molar-refractivity contribution in [2.24, 2.45) is 0 Å². The number of halogens is 1. The number of carbonyl (C=O) groups is 1. The highest BCUT2D eigenvalue weighted by Gasteiger charge is 2.20. The molecule has 0 saturated carbocycles. The molecule has 1 aromatic rings. The summed E-state index contributed by atoms with van der Waals surface area (Å²) in [5.74, 6) is 0.0735. The molecule has 14 heavy (non-hydrogen) atoms. The molecule has 74 valence electrons. The molecule has 2 rings (SSSR count). The molecule has 1 N–H and O–H groups in total. The number of piperazine rings is 1. The zero-order chi connectivity index (χ0) is 9.97. The summed E-state index contributed by atoms with van der Waals surface area (Å²) in [4.78, 5) is 13.3. The third-order valence-corrected chi connectivity index (χ3v) is 2.55. The molecule has 1 saturated heterocycles. The summed E-state index contributed by atoms with van der Waals surface area (Å²) in [5, 5.41) is 3.65. The zero-order valence-electron chi connectivity index (χ0n) is 7.66. The molecule has 0 radical (unpaired) electrons. The molecule has 1 amide bonds. The molecule has 1 aliphatic rings. The van der Waals surface area contributed by atoms with Gasteiger partial charge in [0.2, 0.25) is 5.91 Å². The van der Waals surface area contributed by atoms with E-state index in [2.05, 4.69) is 5.32 Å². The van der Waals surface area contributed by atoms with Gasteiger partial charge in [-0.1, -0.05) is 23.7 Å². The van der Waals surface area contributed by atoms with Gasteiger partial charge in [0.15, 0.2) is 0 Å². The molecule has 0 aromatic heterocycles. The van der Waals surface area contributed by atoms with E-state index in [0.717, 1.165) is 12.2 Å². The number of hydrogen-bond acceptors (Lipinski definition) is 2. The molecule has 1 fully saturated rings. The first-order valence-electron chi connectivity index (χ1n) is 4.54. The first kappa shape index (κ1) is 9.49. The predicted octanol–water partition coefficient (Wildman–Crippen LogP) is 1.28. The van der Waals surface area contributed by atoms with Gasteiger partial charge in [0.25, 0.3) is 0 Å². The smallest absolute Gasteiger partial charge is 0.241 e. The minimum absolute atomic E-state index is 0.0735. The van der Waals surface area contributed by atoms with Gasteiger partial charge in [-0.2, -0.15) is 0 Å². The van der Waals surface area contributed by atoms with E-state index in [4.69, 9.17) is 11.6 Å². The average Bonchev–Trinajstić information content (AvgIpc) is 2.20. The van der Waals surface area contributed by atoms with Gasteiger partial charge < -0.3 is 10.2 Å². The Morgan fingerprint density at radius 1 is 1.36 bits per heavy atom. The van der Waals surface area contributed by atoms with Gasteiger partial charge in [0.1, 0.15) is 0 Å². The summed E-state index contributed by atoms with van der Waals surface area (Å²) in [6.45, 7) is 1.89. The van der Waals surface area contributed by atoms with Gasteiger partial charge in [-0.3, -0.25) is 4.79 Å². The maximum Gasteiger partial charge on any atom is 0.241 e. The van der Waals surface area contributed by atoms with Gasteiger partial charge in [0, 0.05) is 13.1 Å². The van der Waals surface area contributed by atoms with Crippen LogP contribution in [0.25, 0.3) is 0 Å². The summed E-state index contributed by atoms with van der Waals surface area (Å²) in [6.07, 6.45) is 0.